The minimum absolute atomic E-state index is 0.0813. The highest BCUT2D eigenvalue weighted by molar-refractivity contribution is 5.80. The molecule has 1 saturated heterocycles. The lowest BCUT2D eigenvalue weighted by Gasteiger charge is -2.00. The third-order valence-electron chi connectivity index (χ3n) is 2.87. The molecule has 0 N–H and O–H groups in total. The van der Waals surface area contributed by atoms with E-state index < -0.39 is 0 Å². The summed E-state index contributed by atoms with van der Waals surface area (Å²) in [6.45, 7) is 2.16. The van der Waals surface area contributed by atoms with Gasteiger partial charge in [-0.1, -0.05) is 44.4 Å². The highest BCUT2D eigenvalue weighted by Gasteiger charge is 2.45. The first kappa shape index (κ1) is 12.1. The third kappa shape index (κ3) is 3.56. The lowest BCUT2D eigenvalue weighted by Crippen LogP contribution is -2.17. The lowest BCUT2D eigenvalue weighted by molar-refractivity contribution is -0.135. The van der Waals surface area contributed by atoms with E-state index in [1.165, 1.54) is 12.8 Å². The first-order valence-corrected chi connectivity index (χ1v) is 6.23. The Hall–Kier alpha value is -1.35. The summed E-state index contributed by atoms with van der Waals surface area (Å²) in [5.41, 5.74) is 0. The molecular weight excluding hydrogens is 216 g/mol. The Kier molecular flexibility index (Phi) is 4.15. The van der Waals surface area contributed by atoms with Crippen molar-refractivity contribution in [3.05, 3.63) is 30.3 Å². The van der Waals surface area contributed by atoms with Gasteiger partial charge in [0.05, 0.1) is 6.10 Å². The molecule has 1 aliphatic heterocycles. The minimum atomic E-state index is -0.341. The number of carbonyl (C=O) groups excluding carboxylic acids is 1. The van der Waals surface area contributed by atoms with Crippen molar-refractivity contribution in [2.45, 2.75) is 44.8 Å². The Balaban J connectivity index is 1.72. The van der Waals surface area contributed by atoms with Gasteiger partial charge in [0.1, 0.15) is 5.75 Å². The molecule has 1 aromatic carbocycles. The lowest BCUT2D eigenvalue weighted by atomic mass is 10.1. The number of esters is 1. The molecule has 92 valence electrons. The minimum Gasteiger partial charge on any atom is -0.425 e. The molecule has 0 spiro atoms. The summed E-state index contributed by atoms with van der Waals surface area (Å²) >= 11 is 0. The average Bonchev–Trinajstić information content (AvgIpc) is 3.10. The number of ether oxygens (including phenoxy) is 2. The summed E-state index contributed by atoms with van der Waals surface area (Å²) in [6.07, 6.45) is 4.20. The van der Waals surface area contributed by atoms with Crippen LogP contribution in [-0.2, 0) is 9.53 Å². The van der Waals surface area contributed by atoms with Crippen LogP contribution < -0.4 is 4.74 Å². The molecule has 0 aliphatic carbocycles. The van der Waals surface area contributed by atoms with Gasteiger partial charge in [0.25, 0.3) is 0 Å². The molecule has 1 aliphatic rings. The maximum Gasteiger partial charge on any atom is 0.343 e. The van der Waals surface area contributed by atoms with Crippen LogP contribution >= 0.6 is 0 Å². The van der Waals surface area contributed by atoms with Crippen molar-refractivity contribution in [2.75, 3.05) is 0 Å². The number of hydrogen-bond donors (Lipinski definition) is 0. The monoisotopic (exact) mass is 234 g/mol. The van der Waals surface area contributed by atoms with Gasteiger partial charge >= 0.3 is 5.97 Å². The molecule has 0 unspecified atom stereocenters. The van der Waals surface area contributed by atoms with Gasteiger partial charge in [0.2, 0.25) is 0 Å². The van der Waals surface area contributed by atoms with Gasteiger partial charge < -0.3 is 9.47 Å². The second-order valence-corrected chi connectivity index (χ2v) is 4.33. The third-order valence-corrected chi connectivity index (χ3v) is 2.87. The molecule has 0 bridgehead atoms. The zero-order valence-corrected chi connectivity index (χ0v) is 10.1. The van der Waals surface area contributed by atoms with Gasteiger partial charge in [0, 0.05) is 0 Å². The number of hydrogen-bond acceptors (Lipinski definition) is 3. The van der Waals surface area contributed by atoms with E-state index >= 15 is 0 Å². The van der Waals surface area contributed by atoms with Crippen LogP contribution in [0.5, 0.6) is 5.75 Å². The predicted molar refractivity (Wildman–Crippen MR) is 64.9 cm³/mol. The van der Waals surface area contributed by atoms with E-state index in [2.05, 4.69) is 6.92 Å². The van der Waals surface area contributed by atoms with Crippen molar-refractivity contribution in [1.29, 1.82) is 0 Å². The maximum absolute atomic E-state index is 11.7. The van der Waals surface area contributed by atoms with Crippen LogP contribution in [-0.4, -0.2) is 18.2 Å². The first-order chi connectivity index (χ1) is 8.31. The van der Waals surface area contributed by atoms with Crippen molar-refractivity contribution >= 4 is 5.97 Å². The van der Waals surface area contributed by atoms with E-state index in [9.17, 15) is 4.79 Å². The summed E-state index contributed by atoms with van der Waals surface area (Å²) in [4.78, 5) is 11.7. The van der Waals surface area contributed by atoms with E-state index in [0.717, 1.165) is 12.8 Å². The molecule has 3 heteroatoms. The average molecular weight is 234 g/mol. The molecule has 1 heterocycles. The predicted octanol–water partition coefficient (Wildman–Crippen LogP) is 2.94. The topological polar surface area (TPSA) is 38.8 Å². The number of unbranched alkanes of at least 4 members (excludes halogenated alkanes) is 2. The second-order valence-electron chi connectivity index (χ2n) is 4.33. The van der Waals surface area contributed by atoms with Gasteiger partial charge in [-0.3, -0.25) is 0 Å². The summed E-state index contributed by atoms with van der Waals surface area (Å²) in [5.74, 6) is 0.318. The molecule has 0 saturated carbocycles. The summed E-state index contributed by atoms with van der Waals surface area (Å²) in [7, 11) is 0. The Bertz CT molecular complexity index is 361. The van der Waals surface area contributed by atoms with E-state index in [4.69, 9.17) is 9.47 Å². The van der Waals surface area contributed by atoms with Crippen LogP contribution in [0.3, 0.4) is 0 Å². The Morgan fingerprint density at radius 2 is 2.06 bits per heavy atom. The Morgan fingerprint density at radius 3 is 2.76 bits per heavy atom. The molecule has 1 aromatic rings. The van der Waals surface area contributed by atoms with Crippen LogP contribution in [0.15, 0.2) is 30.3 Å². The Morgan fingerprint density at radius 1 is 1.29 bits per heavy atom. The van der Waals surface area contributed by atoms with Crippen molar-refractivity contribution in [2.24, 2.45) is 0 Å². The van der Waals surface area contributed by atoms with Gasteiger partial charge in [-0.15, -0.1) is 0 Å². The maximum atomic E-state index is 11.7. The van der Waals surface area contributed by atoms with E-state index in [1.54, 1.807) is 12.1 Å². The van der Waals surface area contributed by atoms with Crippen LogP contribution in [0.25, 0.3) is 0 Å². The summed E-state index contributed by atoms with van der Waals surface area (Å²) in [5, 5.41) is 0. The molecule has 0 radical (unpaired) electrons. The molecular formula is C14H18O3. The number of para-hydroxylation sites is 1. The number of rotatable bonds is 6. The highest BCUT2D eigenvalue weighted by atomic mass is 16.6. The molecule has 0 amide bonds. The zero-order valence-electron chi connectivity index (χ0n) is 10.1. The summed E-state index contributed by atoms with van der Waals surface area (Å²) < 4.78 is 10.5. The van der Waals surface area contributed by atoms with Crippen molar-refractivity contribution in [1.82, 2.24) is 0 Å². The van der Waals surface area contributed by atoms with E-state index in [1.807, 2.05) is 18.2 Å². The van der Waals surface area contributed by atoms with Crippen molar-refractivity contribution in [3.63, 3.8) is 0 Å². The number of carbonyl (C=O) groups is 1. The van der Waals surface area contributed by atoms with E-state index in [0.29, 0.717) is 5.75 Å². The van der Waals surface area contributed by atoms with Gasteiger partial charge in [-0.25, -0.2) is 4.79 Å². The fourth-order valence-electron chi connectivity index (χ4n) is 1.83. The van der Waals surface area contributed by atoms with Crippen molar-refractivity contribution < 1.29 is 14.3 Å². The van der Waals surface area contributed by atoms with Crippen LogP contribution in [0.1, 0.15) is 32.6 Å². The molecule has 2 atom stereocenters. The standard InChI is InChI=1S/C14H18O3/c1-2-3-5-10-12-13(17-12)14(15)16-11-8-6-4-7-9-11/h4,6-9,12-13H,2-3,5,10H2,1H3/t12-,13+/m1/s1. The highest BCUT2D eigenvalue weighted by Crippen LogP contribution is 2.29. The van der Waals surface area contributed by atoms with Gasteiger partial charge in [-0.05, 0) is 18.6 Å². The smallest absolute Gasteiger partial charge is 0.343 e. The SMILES string of the molecule is CCCCC[C@H]1O[C@@H]1C(=O)Oc1ccccc1. The quantitative estimate of drug-likeness (QED) is 0.329. The normalized spacial score (nSPS) is 22.2. The summed E-state index contributed by atoms with van der Waals surface area (Å²) in [6, 6.07) is 9.11. The molecule has 2 rings (SSSR count). The Labute approximate surface area is 102 Å². The molecule has 3 nitrogen and oxygen atoms in total. The van der Waals surface area contributed by atoms with Crippen LogP contribution in [0, 0.1) is 0 Å². The zero-order chi connectivity index (χ0) is 12.1. The van der Waals surface area contributed by atoms with Crippen LogP contribution in [0.4, 0.5) is 0 Å². The molecule has 0 aromatic heterocycles. The number of epoxide rings is 1. The molecule has 17 heavy (non-hydrogen) atoms. The van der Waals surface area contributed by atoms with Crippen molar-refractivity contribution in [3.8, 4) is 5.75 Å². The number of benzene rings is 1. The fourth-order valence-corrected chi connectivity index (χ4v) is 1.83. The van der Waals surface area contributed by atoms with Gasteiger partial charge in [0.15, 0.2) is 6.10 Å². The van der Waals surface area contributed by atoms with E-state index in [-0.39, 0.29) is 18.2 Å². The van der Waals surface area contributed by atoms with Crippen LogP contribution in [0.2, 0.25) is 0 Å². The first-order valence-electron chi connectivity index (χ1n) is 6.23. The van der Waals surface area contributed by atoms with Gasteiger partial charge in [-0.2, -0.15) is 0 Å². The largest absolute Gasteiger partial charge is 0.425 e. The fraction of sp³-hybridized carbons (Fsp3) is 0.500. The molecule has 1 fully saturated rings. The second kappa shape index (κ2) is 5.82.